The van der Waals surface area contributed by atoms with Gasteiger partial charge >= 0.3 is 0 Å². The lowest BCUT2D eigenvalue weighted by atomic mass is 10.3. The number of fused-ring (bicyclic) bond motifs is 1. The van der Waals surface area contributed by atoms with Crippen molar-refractivity contribution in [2.75, 3.05) is 12.4 Å². The third kappa shape index (κ3) is 2.55. The van der Waals surface area contributed by atoms with Gasteiger partial charge in [-0.2, -0.15) is 0 Å². The number of halogens is 2. The van der Waals surface area contributed by atoms with E-state index >= 15 is 0 Å². The molecule has 20 heavy (non-hydrogen) atoms. The van der Waals surface area contributed by atoms with Crippen molar-refractivity contribution in [2.45, 2.75) is 0 Å². The van der Waals surface area contributed by atoms with E-state index in [0.29, 0.717) is 10.8 Å². The molecule has 0 aliphatic rings. The van der Waals surface area contributed by atoms with Crippen LogP contribution >= 0.6 is 22.9 Å². The third-order valence-corrected chi connectivity index (χ3v) is 4.01. The third-order valence-electron chi connectivity index (χ3n) is 2.77. The van der Waals surface area contributed by atoms with Crippen LogP contribution in [0.25, 0.3) is 10.2 Å². The van der Waals surface area contributed by atoms with E-state index in [4.69, 9.17) is 16.3 Å². The Balaban J connectivity index is 1.92. The first-order valence-corrected chi connectivity index (χ1v) is 7.02. The maximum absolute atomic E-state index is 13.4. The molecule has 6 heteroatoms. The lowest BCUT2D eigenvalue weighted by Crippen LogP contribution is -1.90. The standard InChI is InChI=1S/C14H10ClFN2OS/c1-19-9-3-5-12-13(7-9)20-14(18-12)17-8-2-4-10(15)11(16)6-8/h2-7H,1H3,(H,17,18). The summed E-state index contributed by atoms with van der Waals surface area (Å²) in [6.07, 6.45) is 0. The average molecular weight is 309 g/mol. The van der Waals surface area contributed by atoms with Gasteiger partial charge in [-0.1, -0.05) is 22.9 Å². The van der Waals surface area contributed by atoms with Gasteiger partial charge in [-0.05, 0) is 36.4 Å². The van der Waals surface area contributed by atoms with Crippen LogP contribution in [-0.2, 0) is 0 Å². The van der Waals surface area contributed by atoms with Gasteiger partial charge in [0.05, 0.1) is 22.3 Å². The molecule has 0 saturated heterocycles. The van der Waals surface area contributed by atoms with Gasteiger partial charge in [-0.15, -0.1) is 0 Å². The Hall–Kier alpha value is -1.85. The minimum atomic E-state index is -0.459. The summed E-state index contributed by atoms with van der Waals surface area (Å²) in [7, 11) is 1.62. The number of rotatable bonds is 3. The monoisotopic (exact) mass is 308 g/mol. The summed E-state index contributed by atoms with van der Waals surface area (Å²) < 4.78 is 19.6. The maximum atomic E-state index is 13.4. The zero-order valence-electron chi connectivity index (χ0n) is 10.5. The molecule has 1 N–H and O–H groups in total. The Kier molecular flexibility index (Phi) is 3.46. The van der Waals surface area contributed by atoms with E-state index in [2.05, 4.69) is 10.3 Å². The predicted octanol–water partition coefficient (Wildman–Crippen LogP) is 4.84. The molecule has 0 spiro atoms. The molecule has 2 aromatic carbocycles. The molecule has 0 atom stereocenters. The van der Waals surface area contributed by atoms with Gasteiger partial charge in [0.15, 0.2) is 5.13 Å². The van der Waals surface area contributed by atoms with Crippen LogP contribution in [0.3, 0.4) is 0 Å². The van der Waals surface area contributed by atoms with Gasteiger partial charge in [-0.3, -0.25) is 0 Å². The smallest absolute Gasteiger partial charge is 0.188 e. The quantitative estimate of drug-likeness (QED) is 0.751. The highest BCUT2D eigenvalue weighted by atomic mass is 35.5. The second-order valence-corrected chi connectivity index (χ2v) is 5.54. The molecule has 0 unspecified atom stereocenters. The van der Waals surface area contributed by atoms with E-state index in [-0.39, 0.29) is 5.02 Å². The van der Waals surface area contributed by atoms with Crippen molar-refractivity contribution in [2.24, 2.45) is 0 Å². The predicted molar refractivity (Wildman–Crippen MR) is 80.9 cm³/mol. The van der Waals surface area contributed by atoms with Gasteiger partial charge < -0.3 is 10.1 Å². The molecule has 0 radical (unpaired) electrons. The second-order valence-electron chi connectivity index (χ2n) is 4.11. The normalized spacial score (nSPS) is 10.8. The first-order chi connectivity index (χ1) is 9.65. The first-order valence-electron chi connectivity index (χ1n) is 5.82. The Morgan fingerprint density at radius 3 is 2.85 bits per heavy atom. The number of anilines is 2. The molecule has 1 heterocycles. The number of ether oxygens (including phenoxy) is 1. The van der Waals surface area contributed by atoms with E-state index < -0.39 is 5.82 Å². The summed E-state index contributed by atoms with van der Waals surface area (Å²) in [5.41, 5.74) is 1.48. The number of hydrogen-bond acceptors (Lipinski definition) is 4. The lowest BCUT2D eigenvalue weighted by molar-refractivity contribution is 0.415. The summed E-state index contributed by atoms with van der Waals surface area (Å²) in [6, 6.07) is 10.2. The Labute approximate surface area is 124 Å². The highest BCUT2D eigenvalue weighted by molar-refractivity contribution is 7.22. The van der Waals surface area contributed by atoms with Crippen LogP contribution in [0.15, 0.2) is 36.4 Å². The van der Waals surface area contributed by atoms with E-state index in [1.807, 2.05) is 18.2 Å². The lowest BCUT2D eigenvalue weighted by Gasteiger charge is -2.02. The van der Waals surface area contributed by atoms with Crippen molar-refractivity contribution in [3.63, 3.8) is 0 Å². The molecular formula is C14H10ClFN2OS. The SMILES string of the molecule is COc1ccc2nc(Nc3ccc(Cl)c(F)c3)sc2c1. The molecular weight excluding hydrogens is 299 g/mol. The molecule has 3 nitrogen and oxygen atoms in total. The topological polar surface area (TPSA) is 34.1 Å². The Morgan fingerprint density at radius 1 is 1.25 bits per heavy atom. The van der Waals surface area contributed by atoms with Crippen LogP contribution < -0.4 is 10.1 Å². The fourth-order valence-corrected chi connectivity index (χ4v) is 2.81. The highest BCUT2D eigenvalue weighted by Gasteiger charge is 2.07. The van der Waals surface area contributed by atoms with Crippen molar-refractivity contribution in [1.29, 1.82) is 0 Å². The fourth-order valence-electron chi connectivity index (χ4n) is 1.78. The minimum absolute atomic E-state index is 0.101. The maximum Gasteiger partial charge on any atom is 0.188 e. The fraction of sp³-hybridized carbons (Fsp3) is 0.0714. The van der Waals surface area contributed by atoms with Crippen LogP contribution in [0, 0.1) is 5.82 Å². The van der Waals surface area contributed by atoms with Crippen molar-refractivity contribution in [3.05, 3.63) is 47.2 Å². The molecule has 0 aliphatic heterocycles. The van der Waals surface area contributed by atoms with Gasteiger partial charge in [-0.25, -0.2) is 9.37 Å². The molecule has 0 aliphatic carbocycles. The summed E-state index contributed by atoms with van der Waals surface area (Å²) >= 11 is 7.13. The van der Waals surface area contributed by atoms with Crippen molar-refractivity contribution in [3.8, 4) is 5.75 Å². The minimum Gasteiger partial charge on any atom is -0.497 e. The van der Waals surface area contributed by atoms with Crippen LogP contribution in [0.4, 0.5) is 15.2 Å². The Morgan fingerprint density at radius 2 is 2.10 bits per heavy atom. The summed E-state index contributed by atoms with van der Waals surface area (Å²) in [4.78, 5) is 4.43. The van der Waals surface area contributed by atoms with E-state index in [1.54, 1.807) is 13.2 Å². The first kappa shape index (κ1) is 13.1. The number of benzene rings is 2. The second kappa shape index (κ2) is 5.26. The molecule has 0 saturated carbocycles. The van der Waals surface area contributed by atoms with E-state index in [1.165, 1.54) is 23.5 Å². The molecule has 0 fully saturated rings. The van der Waals surface area contributed by atoms with Crippen LogP contribution in [0.5, 0.6) is 5.75 Å². The van der Waals surface area contributed by atoms with Crippen LogP contribution in [0.2, 0.25) is 5.02 Å². The highest BCUT2D eigenvalue weighted by Crippen LogP contribution is 2.31. The summed E-state index contributed by atoms with van der Waals surface area (Å²) in [6.45, 7) is 0. The molecule has 0 amide bonds. The van der Waals surface area contributed by atoms with Crippen LogP contribution in [-0.4, -0.2) is 12.1 Å². The zero-order chi connectivity index (χ0) is 14.1. The van der Waals surface area contributed by atoms with Crippen molar-refractivity contribution < 1.29 is 9.13 Å². The molecule has 102 valence electrons. The number of nitrogens with one attached hydrogen (secondary N) is 1. The van der Waals surface area contributed by atoms with Crippen molar-refractivity contribution >= 4 is 44.0 Å². The molecule has 3 rings (SSSR count). The number of hydrogen-bond donors (Lipinski definition) is 1. The van der Waals surface area contributed by atoms with E-state index in [0.717, 1.165) is 16.0 Å². The van der Waals surface area contributed by atoms with Crippen molar-refractivity contribution in [1.82, 2.24) is 4.98 Å². The number of methoxy groups -OCH3 is 1. The van der Waals surface area contributed by atoms with Gasteiger partial charge in [0.2, 0.25) is 0 Å². The Bertz CT molecular complexity index is 775. The molecule has 3 aromatic rings. The zero-order valence-corrected chi connectivity index (χ0v) is 12.1. The summed E-state index contributed by atoms with van der Waals surface area (Å²) in [5, 5.41) is 3.86. The van der Waals surface area contributed by atoms with Crippen LogP contribution in [0.1, 0.15) is 0 Å². The van der Waals surface area contributed by atoms with Gasteiger partial charge in [0.1, 0.15) is 11.6 Å². The van der Waals surface area contributed by atoms with Gasteiger partial charge in [0, 0.05) is 5.69 Å². The number of thiazole rings is 1. The molecule has 0 bridgehead atoms. The average Bonchev–Trinajstić information content (AvgIpc) is 2.84. The number of aromatic nitrogens is 1. The number of nitrogens with zero attached hydrogens (tertiary/aromatic N) is 1. The van der Waals surface area contributed by atoms with E-state index in [9.17, 15) is 4.39 Å². The van der Waals surface area contributed by atoms with Gasteiger partial charge in [0.25, 0.3) is 0 Å². The largest absolute Gasteiger partial charge is 0.497 e. The molecule has 1 aromatic heterocycles. The summed E-state index contributed by atoms with van der Waals surface area (Å²) in [5.74, 6) is 0.324.